The van der Waals surface area contributed by atoms with Gasteiger partial charge in [-0.15, -0.1) is 53.6 Å². The van der Waals surface area contributed by atoms with E-state index < -0.39 is 0 Å². The number of ether oxygens (including phenoxy) is 1. The molecule has 0 aliphatic carbocycles. The van der Waals surface area contributed by atoms with Gasteiger partial charge in [0.05, 0.1) is 0 Å². The zero-order chi connectivity index (χ0) is 40.2. The van der Waals surface area contributed by atoms with Crippen LogP contribution in [-0.2, 0) is 21.1 Å². The zero-order valence-electron chi connectivity index (χ0n) is 34.3. The number of pyridine rings is 1. The first-order valence-corrected chi connectivity index (χ1v) is 20.1. The van der Waals surface area contributed by atoms with Gasteiger partial charge in [-0.2, -0.15) is 6.07 Å². The van der Waals surface area contributed by atoms with Gasteiger partial charge in [-0.05, 0) is 112 Å². The molecule has 0 spiro atoms. The minimum atomic E-state index is -0.236. The van der Waals surface area contributed by atoms with Crippen LogP contribution in [0.2, 0.25) is 0 Å². The number of aryl methyl sites for hydroxylation is 1. The number of fused-ring (bicyclic) bond motifs is 4. The third kappa shape index (κ3) is 7.44. The standard InChI is InChI=1S/C52H46FN4O.Pt/c1-32(2)37-25-40(29-42(26-37)58-41-19-20-44-43-15-8-9-16-47(43)57(50(44)30-41)51-23-35(7)21-22-54-51)55-31-56(49-18-11-10-17-48(49)55)52-45(33(3)4)27-38(28-46(52)34(5)6)36-13-12-14-39(53)24-36;/h8-28,31-34H,1-7H3;/q-3;. The molecule has 5 nitrogen and oxygen atoms in total. The van der Waals surface area contributed by atoms with Crippen LogP contribution in [0.4, 0.5) is 27.1 Å². The fourth-order valence-corrected chi connectivity index (χ4v) is 8.15. The third-order valence-corrected chi connectivity index (χ3v) is 11.1. The van der Waals surface area contributed by atoms with E-state index >= 15 is 0 Å². The number of nitrogens with zero attached hydrogens (tertiary/aromatic N) is 4. The monoisotopic (exact) mass is 956 g/mol. The number of benzene rings is 6. The smallest absolute Gasteiger partial charge is 0.135 e. The topological polar surface area (TPSA) is 33.5 Å². The summed E-state index contributed by atoms with van der Waals surface area (Å²) < 4.78 is 23.3. The van der Waals surface area contributed by atoms with Crippen LogP contribution in [-0.4, -0.2) is 9.55 Å². The summed E-state index contributed by atoms with van der Waals surface area (Å²) in [6.07, 6.45) is 1.85. The molecule has 9 rings (SSSR count). The van der Waals surface area contributed by atoms with Crippen molar-refractivity contribution in [1.82, 2.24) is 9.55 Å². The molecule has 3 heterocycles. The fraction of sp³-hybridized carbons (Fsp3) is 0.192. The molecule has 1 aliphatic heterocycles. The molecule has 0 fully saturated rings. The molecule has 2 aromatic heterocycles. The summed E-state index contributed by atoms with van der Waals surface area (Å²) in [5, 5.41) is 2.22. The number of para-hydroxylation sites is 3. The zero-order valence-corrected chi connectivity index (χ0v) is 36.6. The Morgan fingerprint density at radius 2 is 1.36 bits per heavy atom. The summed E-state index contributed by atoms with van der Waals surface area (Å²) in [7, 11) is 0. The Morgan fingerprint density at radius 1 is 0.644 bits per heavy atom. The predicted octanol–water partition coefficient (Wildman–Crippen LogP) is 14.5. The average Bonchev–Trinajstić information content (AvgIpc) is 3.76. The third-order valence-electron chi connectivity index (χ3n) is 11.1. The van der Waals surface area contributed by atoms with Crippen molar-refractivity contribution in [1.29, 1.82) is 0 Å². The molecule has 300 valence electrons. The Labute approximate surface area is 361 Å². The van der Waals surface area contributed by atoms with Crippen molar-refractivity contribution >= 4 is 44.6 Å². The summed E-state index contributed by atoms with van der Waals surface area (Å²) in [6.45, 7) is 17.6. The molecule has 59 heavy (non-hydrogen) atoms. The van der Waals surface area contributed by atoms with E-state index in [1.54, 1.807) is 12.1 Å². The van der Waals surface area contributed by atoms with Crippen LogP contribution >= 0.6 is 0 Å². The van der Waals surface area contributed by atoms with Gasteiger partial charge in [0, 0.05) is 61.3 Å². The maximum Gasteiger partial charge on any atom is 0.135 e. The SMILES string of the molecule is Cc1ccnc(-n2c3[c-]c(Oc4[c-]c(N5[CH-]N(c6c(C(C)C)cc(-c7cccc(F)c7)cc6C(C)C)c6ccccc65)cc(C(C)C)c4)ccc3c3ccccc32)c1.[Pt]. The van der Waals surface area contributed by atoms with E-state index in [2.05, 4.69) is 167 Å². The number of anilines is 4. The second kappa shape index (κ2) is 16.1. The Balaban J connectivity index is 0.00000484. The van der Waals surface area contributed by atoms with E-state index in [1.165, 1.54) is 17.2 Å². The second-order valence-electron chi connectivity index (χ2n) is 16.2. The minimum absolute atomic E-state index is 0. The van der Waals surface area contributed by atoms with Crippen molar-refractivity contribution in [2.75, 3.05) is 9.80 Å². The van der Waals surface area contributed by atoms with Crippen LogP contribution in [0.5, 0.6) is 11.5 Å². The molecule has 0 saturated heterocycles. The van der Waals surface area contributed by atoms with Gasteiger partial charge >= 0.3 is 0 Å². The summed E-state index contributed by atoms with van der Waals surface area (Å²) in [6, 6.07) is 48.0. The first-order chi connectivity index (χ1) is 28.0. The van der Waals surface area contributed by atoms with Gasteiger partial charge in [0.1, 0.15) is 11.6 Å². The molecular weight excluding hydrogens is 911 g/mol. The molecule has 8 aromatic rings. The van der Waals surface area contributed by atoms with E-state index in [0.29, 0.717) is 11.5 Å². The summed E-state index contributed by atoms with van der Waals surface area (Å²) in [5.74, 6) is 2.47. The first kappa shape index (κ1) is 40.1. The van der Waals surface area contributed by atoms with Gasteiger partial charge in [0.25, 0.3) is 0 Å². The second-order valence-corrected chi connectivity index (χ2v) is 16.2. The number of hydrogen-bond donors (Lipinski definition) is 0. The predicted molar refractivity (Wildman–Crippen MR) is 237 cm³/mol. The van der Waals surface area contributed by atoms with Crippen LogP contribution in [0.3, 0.4) is 0 Å². The Morgan fingerprint density at radius 3 is 2.05 bits per heavy atom. The number of hydrogen-bond acceptors (Lipinski definition) is 4. The quantitative estimate of drug-likeness (QED) is 0.135. The van der Waals surface area contributed by atoms with Gasteiger partial charge in [-0.3, -0.25) is 0 Å². The maximum absolute atomic E-state index is 14.5. The van der Waals surface area contributed by atoms with Gasteiger partial charge in [0.15, 0.2) is 0 Å². The number of rotatable bonds is 9. The normalized spacial score (nSPS) is 12.6. The average molecular weight is 957 g/mol. The largest absolute Gasteiger partial charge is 0.509 e. The molecule has 0 saturated carbocycles. The Hall–Kier alpha value is -5.71. The van der Waals surface area contributed by atoms with Gasteiger partial charge in [-0.1, -0.05) is 89.5 Å². The molecule has 0 radical (unpaired) electrons. The molecular formula is C52H46FN4OPt-3. The number of halogens is 1. The van der Waals surface area contributed by atoms with E-state index in [0.717, 1.165) is 72.6 Å². The van der Waals surface area contributed by atoms with E-state index in [4.69, 9.17) is 9.72 Å². The molecule has 6 aromatic carbocycles. The minimum Gasteiger partial charge on any atom is -0.509 e. The molecule has 0 amide bonds. The molecule has 7 heteroatoms. The van der Waals surface area contributed by atoms with E-state index in [9.17, 15) is 4.39 Å². The van der Waals surface area contributed by atoms with Crippen LogP contribution < -0.4 is 14.5 Å². The molecule has 0 N–H and O–H groups in total. The molecule has 0 bridgehead atoms. The Bertz CT molecular complexity index is 2810. The Kier molecular flexibility index (Phi) is 11.0. The van der Waals surface area contributed by atoms with Crippen molar-refractivity contribution in [2.24, 2.45) is 0 Å². The van der Waals surface area contributed by atoms with Crippen LogP contribution in [0, 0.1) is 31.5 Å². The van der Waals surface area contributed by atoms with Crippen LogP contribution in [0.25, 0.3) is 38.8 Å². The molecule has 0 atom stereocenters. The number of aromatic nitrogens is 2. The first-order valence-electron chi connectivity index (χ1n) is 20.1. The maximum atomic E-state index is 14.5. The van der Waals surface area contributed by atoms with Crippen LogP contribution in [0.1, 0.15) is 81.5 Å². The van der Waals surface area contributed by atoms with E-state index in [1.807, 2.05) is 24.4 Å². The van der Waals surface area contributed by atoms with Crippen molar-refractivity contribution < 1.29 is 30.2 Å². The van der Waals surface area contributed by atoms with Crippen LogP contribution in [0.15, 0.2) is 128 Å². The van der Waals surface area contributed by atoms with Gasteiger partial charge in [-0.25, -0.2) is 9.37 Å². The van der Waals surface area contributed by atoms with Gasteiger partial charge in [0.2, 0.25) is 0 Å². The van der Waals surface area contributed by atoms with Crippen molar-refractivity contribution in [3.63, 3.8) is 0 Å². The molecule has 0 unspecified atom stereocenters. The summed E-state index contributed by atoms with van der Waals surface area (Å²) in [5.41, 5.74) is 12.7. The van der Waals surface area contributed by atoms with Crippen molar-refractivity contribution in [2.45, 2.75) is 66.2 Å². The fourth-order valence-electron chi connectivity index (χ4n) is 8.15. The van der Waals surface area contributed by atoms with Gasteiger partial charge < -0.3 is 19.1 Å². The van der Waals surface area contributed by atoms with Crippen molar-refractivity contribution in [3.8, 4) is 28.4 Å². The summed E-state index contributed by atoms with van der Waals surface area (Å²) >= 11 is 0. The molecule has 1 aliphatic rings. The van der Waals surface area contributed by atoms with E-state index in [-0.39, 0.29) is 44.6 Å². The van der Waals surface area contributed by atoms with Crippen molar-refractivity contribution in [3.05, 3.63) is 174 Å². The summed E-state index contributed by atoms with van der Waals surface area (Å²) in [4.78, 5) is 9.29.